The first-order valence-corrected chi connectivity index (χ1v) is 53.1. The number of hydrogen-bond acceptors (Lipinski definition) is 19. The fourth-order valence-electron chi connectivity index (χ4n) is 17.8. The van der Waals surface area contributed by atoms with Gasteiger partial charge in [0.15, 0.2) is 18.5 Å². The summed E-state index contributed by atoms with van der Waals surface area (Å²) in [6.45, 7) is 10.0. The number of aliphatic hydroxyl groups is 1. The number of carbonyl (C=O) groups is 4. The molecule has 0 spiro atoms. The van der Waals surface area contributed by atoms with Crippen molar-refractivity contribution in [3.8, 4) is 11.5 Å². The smallest absolute Gasteiger partial charge is 0.462 e. The minimum Gasteiger partial charge on any atom is -0.462 e. The number of benzene rings is 6. The van der Waals surface area contributed by atoms with E-state index in [4.69, 9.17) is 60.9 Å². The maximum Gasteiger partial charge on any atom is 0.588 e. The van der Waals surface area contributed by atoms with Crippen LogP contribution < -0.4 is 19.7 Å². The first-order valence-electron chi connectivity index (χ1n) is 51.7. The molecule has 0 aliphatic carbocycles. The van der Waals surface area contributed by atoms with Crippen LogP contribution in [0.3, 0.4) is 0 Å². The van der Waals surface area contributed by atoms with E-state index in [1.165, 1.54) is 155 Å². The van der Waals surface area contributed by atoms with Gasteiger partial charge in [0.1, 0.15) is 60.3 Å². The van der Waals surface area contributed by atoms with Crippen molar-refractivity contribution in [2.24, 2.45) is 0 Å². The molecule has 3 N–H and O–H groups in total. The van der Waals surface area contributed by atoms with Gasteiger partial charge < -0.3 is 72.2 Å². The summed E-state index contributed by atoms with van der Waals surface area (Å²) in [5.74, 6) is -1.83. The second kappa shape index (κ2) is 68.6. The number of ether oxygens (including phenoxy) is 10. The van der Waals surface area contributed by atoms with Crippen LogP contribution in [0.4, 0.5) is 0 Å². The van der Waals surface area contributed by atoms with Crippen LogP contribution in [-0.4, -0.2) is 142 Å². The first-order chi connectivity index (χ1) is 65.2. The van der Waals surface area contributed by atoms with Crippen molar-refractivity contribution >= 4 is 31.6 Å². The van der Waals surface area contributed by atoms with Crippen LogP contribution in [0.5, 0.6) is 11.5 Å². The van der Waals surface area contributed by atoms with E-state index in [9.17, 15) is 14.7 Å². The van der Waals surface area contributed by atoms with Crippen LogP contribution >= 0.6 is 7.82 Å². The van der Waals surface area contributed by atoms with Crippen LogP contribution in [0.15, 0.2) is 182 Å². The first kappa shape index (κ1) is 111. The molecule has 2 heterocycles. The Hall–Kier alpha value is -7.37. The Morgan fingerprint density at radius 3 is 1.23 bits per heavy atom. The van der Waals surface area contributed by atoms with Gasteiger partial charge in [0, 0.05) is 33.5 Å². The lowest BCUT2D eigenvalue weighted by Gasteiger charge is -2.47. The van der Waals surface area contributed by atoms with Crippen molar-refractivity contribution in [3.63, 3.8) is 0 Å². The quantitative estimate of drug-likeness (QED) is 0.0182. The third kappa shape index (κ3) is 45.2. The number of unbranched alkanes of at least 4 members (excludes halogenated alkanes) is 34. The number of para-hydroxylation sites is 2. The topological polar surface area (TPSA) is 250 Å². The molecule has 21 nitrogen and oxygen atoms in total. The number of amides is 2. The van der Waals surface area contributed by atoms with Gasteiger partial charge >= 0.3 is 19.8 Å². The molecule has 0 aromatic heterocycles. The van der Waals surface area contributed by atoms with Gasteiger partial charge in [-0.05, 0) is 85.0 Å². The molecule has 0 unspecified atom stereocenters. The van der Waals surface area contributed by atoms with Gasteiger partial charge in [-0.3, -0.25) is 18.9 Å². The van der Waals surface area contributed by atoms with Crippen molar-refractivity contribution in [1.82, 2.24) is 10.6 Å². The molecule has 2 fully saturated rings. The van der Waals surface area contributed by atoms with E-state index in [0.29, 0.717) is 43.4 Å². The fourth-order valence-corrected chi connectivity index (χ4v) is 19.3. The van der Waals surface area contributed by atoms with E-state index in [-0.39, 0.29) is 69.3 Å². The van der Waals surface area contributed by atoms with Crippen molar-refractivity contribution in [3.05, 3.63) is 204 Å². The maximum atomic E-state index is 16.2. The lowest BCUT2D eigenvalue weighted by molar-refractivity contribution is -0.290. The predicted molar refractivity (Wildman–Crippen MR) is 528 cm³/mol. The Morgan fingerprint density at radius 1 is 0.398 bits per heavy atom. The normalized spacial score (nSPS) is 19.2. The van der Waals surface area contributed by atoms with Crippen LogP contribution in [0.2, 0.25) is 0 Å². The van der Waals surface area contributed by atoms with E-state index in [2.05, 4.69) is 38.3 Å². The Labute approximate surface area is 799 Å². The number of phosphoric acid groups is 1. The van der Waals surface area contributed by atoms with Gasteiger partial charge in [-0.15, -0.1) is 0 Å². The monoisotopic (exact) mass is 1860 g/mol. The van der Waals surface area contributed by atoms with Crippen molar-refractivity contribution in [2.45, 2.75) is 422 Å². The van der Waals surface area contributed by atoms with E-state index in [1.54, 1.807) is 60.7 Å². The SMILES string of the molecule is CCCCCCCCCCCCCC(=O)O[C@H](CCCCCCCCCCC)CCO[C@@H]1[C@@H](NC(C)=O)[C@H](OC[C@H]2O[C@H](C(=O)OC(c3ccccc3)c3ccccc3)[C@H](NC(=O)C[C@@H](CCCCCCCCCCC)OCc3ccccc3)[C@@H](OCC[C@@H](CCCCCCCCCCC)OCc3ccccc3)[C@@H]2O)O[C@H](COC)[C@@H]1OP(=O)(Oc1ccccc1)Oc1ccccc1. The number of hydrogen-bond donors (Lipinski definition) is 3. The van der Waals surface area contributed by atoms with Gasteiger partial charge in [0.25, 0.3) is 0 Å². The molecule has 13 atom stereocenters. The number of carbonyl (C=O) groups excluding carboxylic acids is 4. The predicted octanol–water partition coefficient (Wildman–Crippen LogP) is 26.0. The Bertz CT molecular complexity index is 3890. The summed E-state index contributed by atoms with van der Waals surface area (Å²) < 4.78 is 104. The molecule has 0 bridgehead atoms. The highest BCUT2D eigenvalue weighted by Gasteiger charge is 2.55. The van der Waals surface area contributed by atoms with Gasteiger partial charge in [-0.25, -0.2) is 9.36 Å². The summed E-state index contributed by atoms with van der Waals surface area (Å²) in [6.07, 6.45) is 31.5. The average Bonchev–Trinajstić information content (AvgIpc) is 0.770. The standard InChI is InChI=1S/C111H167N2O19P/c1-7-11-15-19-23-27-28-32-36-40-62-78-101(116)126-94(72-56-38-34-30-25-21-17-13-9-3)80-82-122-108-103(112-88(5)114)111(128-99(86-120-6)106(108)132-133(119,130-95-73-58-45-59-74-95)131-96-75-60-46-61-76-96)125-87-98-104(117)107(121-81-79-93(123-84-89-63-47-41-48-64-89)71-55-37-33-29-24-20-16-12-8-2)102(109(127-98)110(118)129-105(91-67-51-43-52-68-91)92-69-53-44-54-70-92)113-100(115)83-97(124-85-90-65-49-42-50-66-90)77-57-39-35-31-26-22-18-14-10-4/h41-54,58-61,63-70,73-76,93-94,97-99,102-109,111,117H,7-40,55-57,62,71-72,77-87H2,1-6H3,(H,112,114)(H,113,115)/t93-,94-,97-,98-,99-,102-,103-,104-,106+,107-,108-,109+,111-/m1/s1. The van der Waals surface area contributed by atoms with Crippen molar-refractivity contribution in [1.29, 1.82) is 0 Å². The van der Waals surface area contributed by atoms with Crippen LogP contribution in [0.1, 0.15) is 352 Å². The molecule has 133 heavy (non-hydrogen) atoms. The molecule has 2 amide bonds. The summed E-state index contributed by atoms with van der Waals surface area (Å²) >= 11 is 0. The third-order valence-electron chi connectivity index (χ3n) is 25.4. The zero-order valence-corrected chi connectivity index (χ0v) is 82.6. The minimum atomic E-state index is -4.86. The molecule has 6 aromatic carbocycles. The van der Waals surface area contributed by atoms with Crippen LogP contribution in [-0.2, 0) is 88.8 Å². The Kier molecular flexibility index (Phi) is 57.2. The molecule has 22 heteroatoms. The molecule has 2 aliphatic heterocycles. The van der Waals surface area contributed by atoms with E-state index < -0.39 is 112 Å². The second-order valence-corrected chi connectivity index (χ2v) is 38.2. The average molecular weight is 1860 g/mol. The number of phosphoric ester groups is 1. The maximum absolute atomic E-state index is 16.2. The molecular formula is C111H167N2O19P. The highest BCUT2D eigenvalue weighted by molar-refractivity contribution is 7.49. The van der Waals surface area contributed by atoms with Crippen molar-refractivity contribution < 1.29 is 89.8 Å². The Balaban J connectivity index is 1.16. The van der Waals surface area contributed by atoms with Crippen molar-refractivity contribution in [2.75, 3.05) is 33.5 Å². The summed E-state index contributed by atoms with van der Waals surface area (Å²) in [4.78, 5) is 60.0. The highest BCUT2D eigenvalue weighted by atomic mass is 31.2. The zero-order chi connectivity index (χ0) is 94.2. The van der Waals surface area contributed by atoms with Gasteiger partial charge in [-0.2, -0.15) is 0 Å². The third-order valence-corrected chi connectivity index (χ3v) is 26.8. The van der Waals surface area contributed by atoms with E-state index in [0.717, 1.165) is 114 Å². The minimum absolute atomic E-state index is 0.0122. The summed E-state index contributed by atoms with van der Waals surface area (Å²) in [6, 6.07) is 52.9. The molecule has 2 saturated heterocycles. The summed E-state index contributed by atoms with van der Waals surface area (Å²) in [5.41, 5.74) is 3.30. The molecule has 0 radical (unpaired) electrons. The van der Waals surface area contributed by atoms with Gasteiger partial charge in [0.05, 0.1) is 57.7 Å². The van der Waals surface area contributed by atoms with Gasteiger partial charge in [-0.1, -0.05) is 417 Å². The zero-order valence-electron chi connectivity index (χ0n) is 81.7. The van der Waals surface area contributed by atoms with Crippen LogP contribution in [0, 0.1) is 0 Å². The van der Waals surface area contributed by atoms with E-state index >= 15 is 14.2 Å². The molecule has 2 aliphatic rings. The van der Waals surface area contributed by atoms with Gasteiger partial charge in [0.2, 0.25) is 11.8 Å². The summed E-state index contributed by atoms with van der Waals surface area (Å²) in [5, 5.41) is 19.9. The Morgan fingerprint density at radius 2 is 0.789 bits per heavy atom. The number of methoxy groups -OCH3 is 1. The molecule has 740 valence electrons. The van der Waals surface area contributed by atoms with Crippen LogP contribution in [0.25, 0.3) is 0 Å². The van der Waals surface area contributed by atoms with E-state index in [1.807, 2.05) is 121 Å². The second-order valence-electron chi connectivity index (χ2n) is 36.7. The summed E-state index contributed by atoms with van der Waals surface area (Å²) in [7, 11) is -3.38. The largest absolute Gasteiger partial charge is 0.588 e. The molecule has 6 aromatic rings. The number of nitrogens with one attached hydrogen (secondary N) is 2. The number of aliphatic hydroxyl groups excluding tert-OH is 1. The lowest BCUT2D eigenvalue weighted by Crippen LogP contribution is -2.68. The fraction of sp³-hybridized carbons (Fsp3) is 0.640. The lowest BCUT2D eigenvalue weighted by atomic mass is 9.91. The number of rotatable bonds is 76. The molecular weight excluding hydrogens is 1700 g/mol. The number of esters is 2. The highest BCUT2D eigenvalue weighted by Crippen LogP contribution is 2.53. The molecule has 0 saturated carbocycles. The molecule has 8 rings (SSSR count).